The fraction of sp³-hybridized carbons (Fsp3) is 0.143. The molecule has 1 aliphatic rings. The number of carbonyl (C=O) groups excluding carboxylic acids is 2. The minimum Gasteiger partial charge on any atom is -0.454 e. The summed E-state index contributed by atoms with van der Waals surface area (Å²) in [5.74, 6) is -0.968. The van der Waals surface area contributed by atoms with Crippen LogP contribution in [0.1, 0.15) is 31.8 Å². The number of ether oxygens (including phenoxy) is 1. The van der Waals surface area contributed by atoms with Gasteiger partial charge in [0.1, 0.15) is 0 Å². The number of esters is 1. The lowest BCUT2D eigenvalue weighted by Gasteiger charge is -2.09. The van der Waals surface area contributed by atoms with Crippen LogP contribution in [0, 0.1) is 10.1 Å². The van der Waals surface area contributed by atoms with Gasteiger partial charge in [-0.15, -0.1) is 0 Å². The second kappa shape index (κ2) is 6.64. The molecule has 4 rings (SSSR count). The molecule has 27 heavy (non-hydrogen) atoms. The highest BCUT2D eigenvalue weighted by Crippen LogP contribution is 2.33. The van der Waals surface area contributed by atoms with Crippen molar-refractivity contribution in [3.8, 4) is 0 Å². The van der Waals surface area contributed by atoms with E-state index in [0.717, 1.165) is 23.6 Å². The first-order chi connectivity index (χ1) is 13.0. The molecule has 0 amide bonds. The molecule has 0 fully saturated rings. The van der Waals surface area contributed by atoms with Crippen LogP contribution in [-0.4, -0.2) is 23.3 Å². The van der Waals surface area contributed by atoms with Gasteiger partial charge in [0.25, 0.3) is 5.69 Å². The molecule has 3 aromatic rings. The second-order valence-electron chi connectivity index (χ2n) is 6.42. The highest BCUT2D eigenvalue weighted by atomic mass is 16.6. The summed E-state index contributed by atoms with van der Waals surface area (Å²) in [4.78, 5) is 34.8. The normalized spacial score (nSPS) is 12.1. The van der Waals surface area contributed by atoms with Gasteiger partial charge in [-0.25, -0.2) is 4.79 Å². The molecule has 0 N–H and O–H groups in total. The lowest BCUT2D eigenvalue weighted by atomic mass is 10.00. The molecule has 0 saturated carbocycles. The van der Waals surface area contributed by atoms with E-state index < -0.39 is 23.3 Å². The van der Waals surface area contributed by atoms with E-state index in [0.29, 0.717) is 5.56 Å². The number of hydrogen-bond acceptors (Lipinski definition) is 5. The van der Waals surface area contributed by atoms with Crippen LogP contribution in [0.25, 0.3) is 10.8 Å². The number of aryl methyl sites for hydroxylation is 2. The maximum Gasteiger partial charge on any atom is 0.339 e. The summed E-state index contributed by atoms with van der Waals surface area (Å²) in [6.07, 6.45) is 1.92. The molecule has 0 unspecified atom stereocenters. The topological polar surface area (TPSA) is 86.5 Å². The van der Waals surface area contributed by atoms with E-state index in [9.17, 15) is 19.7 Å². The molecule has 0 radical (unpaired) electrons. The van der Waals surface area contributed by atoms with Crippen LogP contribution in [-0.2, 0) is 17.6 Å². The van der Waals surface area contributed by atoms with Crippen molar-refractivity contribution in [1.29, 1.82) is 0 Å². The number of benzene rings is 3. The minimum atomic E-state index is -0.555. The summed E-state index contributed by atoms with van der Waals surface area (Å²) in [7, 11) is 0. The minimum absolute atomic E-state index is 0.101. The molecule has 0 saturated heterocycles. The zero-order valence-electron chi connectivity index (χ0n) is 14.3. The highest BCUT2D eigenvalue weighted by molar-refractivity contribution is 6.08. The molecule has 0 bridgehead atoms. The summed E-state index contributed by atoms with van der Waals surface area (Å²) >= 11 is 0. The van der Waals surface area contributed by atoms with Crippen molar-refractivity contribution < 1.29 is 19.2 Å². The van der Waals surface area contributed by atoms with Crippen molar-refractivity contribution >= 4 is 28.2 Å². The summed E-state index contributed by atoms with van der Waals surface area (Å²) in [6.45, 7) is -0.417. The molecule has 134 valence electrons. The standard InChI is InChI=1S/C21H15NO5/c23-19(13-6-9-16(10-7-13)22(25)26)12-27-21(24)18-11-8-15-5-4-14-2-1-3-17(18)20(14)15/h1-3,6-11H,4-5,12H2. The summed E-state index contributed by atoms with van der Waals surface area (Å²) in [6, 6.07) is 14.8. The second-order valence-corrected chi connectivity index (χ2v) is 6.42. The first-order valence-corrected chi connectivity index (χ1v) is 8.53. The first-order valence-electron chi connectivity index (χ1n) is 8.53. The third-order valence-corrected chi connectivity index (χ3v) is 4.83. The van der Waals surface area contributed by atoms with Crippen LogP contribution in [0.3, 0.4) is 0 Å². The summed E-state index contributed by atoms with van der Waals surface area (Å²) in [5, 5.41) is 12.6. The van der Waals surface area contributed by atoms with Crippen molar-refractivity contribution in [3.63, 3.8) is 0 Å². The maximum absolute atomic E-state index is 12.5. The molecule has 0 atom stereocenters. The molecule has 6 nitrogen and oxygen atoms in total. The van der Waals surface area contributed by atoms with E-state index in [4.69, 9.17) is 4.74 Å². The van der Waals surface area contributed by atoms with Gasteiger partial charge in [0, 0.05) is 17.7 Å². The Bertz CT molecular complexity index is 1080. The number of hydrogen-bond donors (Lipinski definition) is 0. The first kappa shape index (κ1) is 16.9. The predicted octanol–water partition coefficient (Wildman–Crippen LogP) is 3.89. The molecule has 6 heteroatoms. The maximum atomic E-state index is 12.5. The third-order valence-electron chi connectivity index (χ3n) is 4.83. The van der Waals surface area contributed by atoms with Crippen molar-refractivity contribution in [2.75, 3.05) is 6.61 Å². The molecule has 3 aromatic carbocycles. The Balaban J connectivity index is 1.51. The average molecular weight is 361 g/mol. The quantitative estimate of drug-likeness (QED) is 0.298. The smallest absolute Gasteiger partial charge is 0.339 e. The summed E-state index contributed by atoms with van der Waals surface area (Å²) in [5.41, 5.74) is 3.04. The fourth-order valence-corrected chi connectivity index (χ4v) is 3.49. The van der Waals surface area contributed by atoms with Crippen molar-refractivity contribution in [3.05, 3.63) is 87.0 Å². The van der Waals surface area contributed by atoms with Crippen molar-refractivity contribution in [1.82, 2.24) is 0 Å². The summed E-state index contributed by atoms with van der Waals surface area (Å²) < 4.78 is 5.21. The molecule has 0 spiro atoms. The van der Waals surface area contributed by atoms with Crippen LogP contribution < -0.4 is 0 Å². The monoisotopic (exact) mass is 361 g/mol. The van der Waals surface area contributed by atoms with Gasteiger partial charge in [-0.1, -0.05) is 24.3 Å². The van der Waals surface area contributed by atoms with E-state index >= 15 is 0 Å². The number of ketones is 1. The van der Waals surface area contributed by atoms with Gasteiger partial charge in [-0.05, 0) is 52.9 Å². The zero-order chi connectivity index (χ0) is 19.0. The largest absolute Gasteiger partial charge is 0.454 e. The van der Waals surface area contributed by atoms with Gasteiger partial charge < -0.3 is 4.74 Å². The Labute approximate surface area is 154 Å². The van der Waals surface area contributed by atoms with E-state index in [1.807, 2.05) is 18.2 Å². The number of rotatable bonds is 5. The Morgan fingerprint density at radius 1 is 0.963 bits per heavy atom. The third kappa shape index (κ3) is 3.06. The molecule has 1 aliphatic carbocycles. The average Bonchev–Trinajstić information content (AvgIpc) is 3.11. The van der Waals surface area contributed by atoms with Crippen LogP contribution >= 0.6 is 0 Å². The van der Waals surface area contributed by atoms with E-state index in [1.165, 1.54) is 35.4 Å². The SMILES string of the molecule is O=C(COC(=O)c1ccc2c3c(cccc13)CC2)c1ccc([N+](=O)[O-])cc1. The van der Waals surface area contributed by atoms with Crippen LogP contribution in [0.15, 0.2) is 54.6 Å². The van der Waals surface area contributed by atoms with Gasteiger partial charge in [-0.2, -0.15) is 0 Å². The van der Waals surface area contributed by atoms with Gasteiger partial charge >= 0.3 is 5.97 Å². The van der Waals surface area contributed by atoms with Crippen LogP contribution in [0.2, 0.25) is 0 Å². The number of carbonyl (C=O) groups is 2. The fourth-order valence-electron chi connectivity index (χ4n) is 3.49. The van der Waals surface area contributed by atoms with Gasteiger partial charge in [0.05, 0.1) is 10.5 Å². The molecular formula is C21H15NO5. The Kier molecular flexibility index (Phi) is 4.16. The van der Waals surface area contributed by atoms with Crippen molar-refractivity contribution in [2.45, 2.75) is 12.8 Å². The number of nitrogens with zero attached hydrogens (tertiary/aromatic N) is 1. The van der Waals surface area contributed by atoms with Gasteiger partial charge in [0.15, 0.2) is 12.4 Å². The zero-order valence-corrected chi connectivity index (χ0v) is 14.3. The molecule has 0 heterocycles. The van der Waals surface area contributed by atoms with Gasteiger partial charge in [0.2, 0.25) is 0 Å². The molecular weight excluding hydrogens is 346 g/mol. The molecule has 0 aromatic heterocycles. The number of non-ortho nitro benzene ring substituents is 1. The lowest BCUT2D eigenvalue weighted by molar-refractivity contribution is -0.384. The Morgan fingerprint density at radius 3 is 2.37 bits per heavy atom. The van der Waals surface area contributed by atoms with Crippen molar-refractivity contribution in [2.24, 2.45) is 0 Å². The van der Waals surface area contributed by atoms with Crippen LogP contribution in [0.5, 0.6) is 0 Å². The number of nitro benzene ring substituents is 1. The van der Waals surface area contributed by atoms with E-state index in [-0.39, 0.29) is 11.3 Å². The Hall–Kier alpha value is -3.54. The Morgan fingerprint density at radius 2 is 1.67 bits per heavy atom. The van der Waals surface area contributed by atoms with Crippen LogP contribution in [0.4, 0.5) is 5.69 Å². The highest BCUT2D eigenvalue weighted by Gasteiger charge is 2.20. The number of Topliss-reactive ketones (excluding diaryl/α,β-unsaturated/α-hetero) is 1. The number of nitro groups is 1. The lowest BCUT2D eigenvalue weighted by Crippen LogP contribution is -2.14. The van der Waals surface area contributed by atoms with E-state index in [2.05, 4.69) is 6.07 Å². The van der Waals surface area contributed by atoms with Gasteiger partial charge in [-0.3, -0.25) is 14.9 Å². The molecule has 0 aliphatic heterocycles. The van der Waals surface area contributed by atoms with E-state index in [1.54, 1.807) is 6.07 Å². The predicted molar refractivity (Wildman–Crippen MR) is 99.1 cm³/mol.